The standard InChI is InChI=1S/C20H26N4O/c1-23-8-4-15(5-9-23)18-13-24-19(22-18)12-21-17-3-2-16(20(17)24)14-6-10-25-11-7-14/h2,12-15H,3-11H2,1H3. The van der Waals surface area contributed by atoms with Crippen molar-refractivity contribution < 1.29 is 4.74 Å². The SMILES string of the molecule is CN1CCC(c2cn3c4c(ncc3n2)CC=C4C2CCOCC2)CC1. The number of likely N-dealkylation sites (tertiary alicyclic amines) is 1. The quantitative estimate of drug-likeness (QED) is 0.844. The van der Waals surface area contributed by atoms with Gasteiger partial charge in [0.15, 0.2) is 5.65 Å². The predicted octanol–water partition coefficient (Wildman–Crippen LogP) is 2.90. The van der Waals surface area contributed by atoms with Gasteiger partial charge in [-0.3, -0.25) is 9.38 Å². The van der Waals surface area contributed by atoms with Crippen molar-refractivity contribution in [3.63, 3.8) is 0 Å². The van der Waals surface area contributed by atoms with E-state index in [0.717, 1.165) is 38.1 Å². The minimum atomic E-state index is 0.587. The first-order valence-electron chi connectivity index (χ1n) is 9.63. The number of aromatic nitrogens is 3. The molecule has 0 spiro atoms. The summed E-state index contributed by atoms with van der Waals surface area (Å²) < 4.78 is 7.88. The summed E-state index contributed by atoms with van der Waals surface area (Å²) in [5, 5.41) is 0. The molecule has 2 saturated heterocycles. The van der Waals surface area contributed by atoms with Gasteiger partial charge in [-0.05, 0) is 57.3 Å². The molecule has 0 N–H and O–H groups in total. The molecule has 5 heteroatoms. The highest BCUT2D eigenvalue weighted by molar-refractivity contribution is 5.73. The van der Waals surface area contributed by atoms with E-state index >= 15 is 0 Å². The van der Waals surface area contributed by atoms with E-state index in [1.54, 1.807) is 0 Å². The first-order chi connectivity index (χ1) is 12.3. The average Bonchev–Trinajstić information content (AvgIpc) is 3.26. The number of hydrogen-bond donors (Lipinski definition) is 0. The van der Waals surface area contributed by atoms with Crippen LogP contribution in [0.3, 0.4) is 0 Å². The molecule has 5 rings (SSSR count). The van der Waals surface area contributed by atoms with Gasteiger partial charge in [0, 0.05) is 31.7 Å². The van der Waals surface area contributed by atoms with Gasteiger partial charge in [0.1, 0.15) is 0 Å². The third-order valence-corrected chi connectivity index (χ3v) is 6.19. The van der Waals surface area contributed by atoms with Gasteiger partial charge in [-0.2, -0.15) is 0 Å². The van der Waals surface area contributed by atoms with Gasteiger partial charge in [-0.25, -0.2) is 4.98 Å². The number of fused-ring (bicyclic) bond motifs is 3. The van der Waals surface area contributed by atoms with Gasteiger partial charge in [-0.1, -0.05) is 6.08 Å². The van der Waals surface area contributed by atoms with Gasteiger partial charge in [0.05, 0.1) is 23.3 Å². The highest BCUT2D eigenvalue weighted by Crippen LogP contribution is 2.38. The van der Waals surface area contributed by atoms with Crippen LogP contribution in [0.5, 0.6) is 0 Å². The topological polar surface area (TPSA) is 42.7 Å². The fourth-order valence-corrected chi connectivity index (χ4v) is 4.65. The number of rotatable bonds is 2. The van der Waals surface area contributed by atoms with E-state index in [2.05, 4.69) is 28.6 Å². The Hall–Kier alpha value is -1.72. The molecule has 0 amide bonds. The van der Waals surface area contributed by atoms with E-state index in [-0.39, 0.29) is 0 Å². The van der Waals surface area contributed by atoms with E-state index in [4.69, 9.17) is 14.7 Å². The molecule has 132 valence electrons. The van der Waals surface area contributed by atoms with E-state index in [1.807, 2.05) is 6.20 Å². The molecule has 25 heavy (non-hydrogen) atoms. The molecule has 3 aliphatic rings. The molecule has 2 aromatic heterocycles. The lowest BCUT2D eigenvalue weighted by atomic mass is 9.90. The van der Waals surface area contributed by atoms with Crippen molar-refractivity contribution in [1.29, 1.82) is 0 Å². The summed E-state index contributed by atoms with van der Waals surface area (Å²) in [6, 6.07) is 0. The van der Waals surface area contributed by atoms with Crippen LogP contribution >= 0.6 is 0 Å². The lowest BCUT2D eigenvalue weighted by molar-refractivity contribution is 0.0807. The zero-order valence-corrected chi connectivity index (χ0v) is 14.9. The van der Waals surface area contributed by atoms with Gasteiger partial charge in [0.25, 0.3) is 0 Å². The average molecular weight is 338 g/mol. The van der Waals surface area contributed by atoms with Crippen LogP contribution in [0.4, 0.5) is 0 Å². The number of allylic oxidation sites excluding steroid dienone is 2. The first kappa shape index (κ1) is 15.5. The van der Waals surface area contributed by atoms with Crippen LogP contribution in [0.1, 0.15) is 48.7 Å². The Labute approximate surface area is 148 Å². The number of ether oxygens (including phenoxy) is 1. The molecule has 5 nitrogen and oxygen atoms in total. The highest BCUT2D eigenvalue weighted by atomic mass is 16.5. The third-order valence-electron chi connectivity index (χ3n) is 6.19. The Morgan fingerprint density at radius 2 is 1.88 bits per heavy atom. The van der Waals surface area contributed by atoms with Crippen molar-refractivity contribution in [3.8, 4) is 0 Å². The smallest absolute Gasteiger partial charge is 0.156 e. The summed E-state index contributed by atoms with van der Waals surface area (Å²) in [5.74, 6) is 1.19. The molecule has 0 radical (unpaired) electrons. The summed E-state index contributed by atoms with van der Waals surface area (Å²) in [5.41, 5.74) is 6.26. The predicted molar refractivity (Wildman–Crippen MR) is 97.7 cm³/mol. The fraction of sp³-hybridized carbons (Fsp3) is 0.600. The number of imidazole rings is 1. The summed E-state index contributed by atoms with van der Waals surface area (Å²) in [6.45, 7) is 4.10. The number of piperidine rings is 1. The van der Waals surface area contributed by atoms with Gasteiger partial charge >= 0.3 is 0 Å². The normalized spacial score (nSPS) is 23.2. The highest BCUT2D eigenvalue weighted by Gasteiger charge is 2.28. The van der Waals surface area contributed by atoms with E-state index in [0.29, 0.717) is 11.8 Å². The largest absolute Gasteiger partial charge is 0.381 e. The number of hydrogen-bond acceptors (Lipinski definition) is 4. The van der Waals surface area contributed by atoms with Crippen molar-refractivity contribution in [2.75, 3.05) is 33.4 Å². The van der Waals surface area contributed by atoms with Gasteiger partial charge in [0.2, 0.25) is 0 Å². The minimum Gasteiger partial charge on any atom is -0.381 e. The van der Waals surface area contributed by atoms with E-state index in [9.17, 15) is 0 Å². The summed E-state index contributed by atoms with van der Waals surface area (Å²) in [4.78, 5) is 12.1. The van der Waals surface area contributed by atoms with Crippen molar-refractivity contribution >= 4 is 11.2 Å². The van der Waals surface area contributed by atoms with Crippen LogP contribution in [0.25, 0.3) is 11.2 Å². The molecule has 2 fully saturated rings. The van der Waals surface area contributed by atoms with Crippen molar-refractivity contribution in [1.82, 2.24) is 19.3 Å². The third kappa shape index (κ3) is 2.70. The van der Waals surface area contributed by atoms with E-state index < -0.39 is 0 Å². The Kier molecular flexibility index (Phi) is 3.86. The molecule has 0 saturated carbocycles. The van der Waals surface area contributed by atoms with Crippen molar-refractivity contribution in [3.05, 3.63) is 35.6 Å². The maximum atomic E-state index is 5.56. The van der Waals surface area contributed by atoms with Crippen molar-refractivity contribution in [2.45, 2.75) is 38.0 Å². The Morgan fingerprint density at radius 1 is 1.08 bits per heavy atom. The zero-order chi connectivity index (χ0) is 16.8. The lowest BCUT2D eigenvalue weighted by Gasteiger charge is -2.27. The molecule has 2 aromatic rings. The second kappa shape index (κ2) is 6.22. The maximum Gasteiger partial charge on any atom is 0.156 e. The molecule has 0 unspecified atom stereocenters. The van der Waals surface area contributed by atoms with Crippen molar-refractivity contribution in [2.24, 2.45) is 5.92 Å². The van der Waals surface area contributed by atoms with Crippen LogP contribution in [0.2, 0.25) is 0 Å². The van der Waals surface area contributed by atoms with Crippen LogP contribution in [-0.2, 0) is 11.2 Å². The van der Waals surface area contributed by atoms with Crippen LogP contribution in [-0.4, -0.2) is 52.6 Å². The maximum absolute atomic E-state index is 5.56. The van der Waals surface area contributed by atoms with Crippen LogP contribution < -0.4 is 0 Å². The Morgan fingerprint density at radius 3 is 2.68 bits per heavy atom. The second-order valence-corrected chi connectivity index (χ2v) is 7.78. The second-order valence-electron chi connectivity index (χ2n) is 7.78. The van der Waals surface area contributed by atoms with Gasteiger partial charge in [-0.15, -0.1) is 0 Å². The molecule has 2 aliphatic heterocycles. The molecule has 4 heterocycles. The van der Waals surface area contributed by atoms with Gasteiger partial charge < -0.3 is 9.64 Å². The Balaban J connectivity index is 1.51. The molecular weight excluding hydrogens is 312 g/mol. The monoisotopic (exact) mass is 338 g/mol. The van der Waals surface area contributed by atoms with E-state index in [1.165, 1.54) is 48.6 Å². The summed E-state index contributed by atoms with van der Waals surface area (Å²) in [6.07, 6.45) is 12.3. The lowest BCUT2D eigenvalue weighted by Crippen LogP contribution is -2.29. The molecule has 0 aromatic carbocycles. The fourth-order valence-electron chi connectivity index (χ4n) is 4.65. The molecule has 0 bridgehead atoms. The minimum absolute atomic E-state index is 0.587. The molecule has 0 atom stereocenters. The number of nitrogens with zero attached hydrogens (tertiary/aromatic N) is 4. The molecular formula is C20H26N4O. The summed E-state index contributed by atoms with van der Waals surface area (Å²) in [7, 11) is 2.21. The zero-order valence-electron chi connectivity index (χ0n) is 14.9. The Bertz CT molecular complexity index is 810. The summed E-state index contributed by atoms with van der Waals surface area (Å²) >= 11 is 0. The van der Waals surface area contributed by atoms with Crippen LogP contribution in [0, 0.1) is 5.92 Å². The molecule has 1 aliphatic carbocycles. The van der Waals surface area contributed by atoms with Crippen LogP contribution in [0.15, 0.2) is 18.5 Å². The first-order valence-corrected chi connectivity index (χ1v) is 9.63.